The zero-order valence-electron chi connectivity index (χ0n) is 11.4. The van der Waals surface area contributed by atoms with Gasteiger partial charge in [0, 0.05) is 0 Å². The van der Waals surface area contributed by atoms with Gasteiger partial charge in [-0.1, -0.05) is 6.07 Å². The van der Waals surface area contributed by atoms with Gasteiger partial charge in [-0.05, 0) is 17.7 Å². The molecule has 8 heteroatoms. The SMILES string of the molecule is O=C1C[C@H](c2ccc(O)c(O)c2)[C@]2(OC[C@H](O)[C@@H](O)[C@H]2O)O1. The lowest BCUT2D eigenvalue weighted by Crippen LogP contribution is -2.62. The Morgan fingerprint density at radius 1 is 1.14 bits per heavy atom. The molecule has 0 radical (unpaired) electrons. The number of carbonyl (C=O) groups is 1. The summed E-state index contributed by atoms with van der Waals surface area (Å²) >= 11 is 0. The lowest BCUT2D eigenvalue weighted by Gasteiger charge is -2.44. The summed E-state index contributed by atoms with van der Waals surface area (Å²) in [7, 11) is 0. The number of phenolic OH excluding ortho intramolecular Hbond substituents is 2. The van der Waals surface area contributed by atoms with Gasteiger partial charge in [0.05, 0.1) is 18.9 Å². The van der Waals surface area contributed by atoms with E-state index in [2.05, 4.69) is 0 Å². The van der Waals surface area contributed by atoms with E-state index in [1.54, 1.807) is 0 Å². The van der Waals surface area contributed by atoms with Crippen molar-refractivity contribution in [2.24, 2.45) is 0 Å². The van der Waals surface area contributed by atoms with Gasteiger partial charge in [-0.3, -0.25) is 4.79 Å². The third kappa shape index (κ3) is 2.12. The molecule has 0 bridgehead atoms. The van der Waals surface area contributed by atoms with Crippen LogP contribution < -0.4 is 0 Å². The molecule has 1 aromatic rings. The molecule has 0 unspecified atom stereocenters. The van der Waals surface area contributed by atoms with Crippen molar-refractivity contribution < 1.29 is 39.8 Å². The zero-order valence-corrected chi connectivity index (χ0v) is 11.4. The summed E-state index contributed by atoms with van der Waals surface area (Å²) in [6.07, 6.45) is -4.62. The monoisotopic (exact) mass is 312 g/mol. The largest absolute Gasteiger partial charge is 0.504 e. The number of esters is 1. The van der Waals surface area contributed by atoms with Crippen LogP contribution in [0.3, 0.4) is 0 Å². The average Bonchev–Trinajstić information content (AvgIpc) is 2.82. The van der Waals surface area contributed by atoms with Crippen LogP contribution in [-0.4, -0.2) is 62.2 Å². The van der Waals surface area contributed by atoms with Crippen molar-refractivity contribution in [2.75, 3.05) is 6.61 Å². The van der Waals surface area contributed by atoms with E-state index in [4.69, 9.17) is 9.47 Å². The molecule has 1 aromatic carbocycles. The number of rotatable bonds is 1. The molecule has 0 aromatic heterocycles. The summed E-state index contributed by atoms with van der Waals surface area (Å²) < 4.78 is 10.5. The molecule has 2 aliphatic rings. The normalized spacial score (nSPS) is 38.2. The highest BCUT2D eigenvalue weighted by Crippen LogP contribution is 2.47. The van der Waals surface area contributed by atoms with E-state index in [-0.39, 0.29) is 18.8 Å². The number of aromatic hydroxyl groups is 2. The topological polar surface area (TPSA) is 137 Å². The molecule has 120 valence electrons. The fourth-order valence-electron chi connectivity index (χ4n) is 2.95. The van der Waals surface area contributed by atoms with Crippen LogP contribution in [0.25, 0.3) is 0 Å². The van der Waals surface area contributed by atoms with Gasteiger partial charge in [-0.25, -0.2) is 0 Å². The summed E-state index contributed by atoms with van der Waals surface area (Å²) in [5, 5.41) is 48.6. The van der Waals surface area contributed by atoms with Gasteiger partial charge in [-0.2, -0.15) is 0 Å². The second-order valence-corrected chi connectivity index (χ2v) is 5.51. The fraction of sp³-hybridized carbons (Fsp3) is 0.500. The van der Waals surface area contributed by atoms with Crippen molar-refractivity contribution in [3.8, 4) is 11.5 Å². The molecule has 3 rings (SSSR count). The van der Waals surface area contributed by atoms with Crippen LogP contribution in [0.2, 0.25) is 0 Å². The van der Waals surface area contributed by atoms with Crippen LogP contribution in [0.15, 0.2) is 18.2 Å². The second kappa shape index (κ2) is 5.10. The molecule has 2 aliphatic heterocycles. The van der Waals surface area contributed by atoms with E-state index in [0.717, 1.165) is 0 Å². The third-order valence-corrected chi connectivity index (χ3v) is 4.14. The van der Waals surface area contributed by atoms with Crippen LogP contribution in [0.4, 0.5) is 0 Å². The van der Waals surface area contributed by atoms with Crippen molar-refractivity contribution in [1.82, 2.24) is 0 Å². The maximum atomic E-state index is 11.7. The zero-order chi connectivity index (χ0) is 16.1. The second-order valence-electron chi connectivity index (χ2n) is 5.51. The first kappa shape index (κ1) is 15.0. The lowest BCUT2D eigenvalue weighted by atomic mass is 9.82. The lowest BCUT2D eigenvalue weighted by molar-refractivity contribution is -0.320. The van der Waals surface area contributed by atoms with Crippen LogP contribution in [-0.2, 0) is 14.3 Å². The summed E-state index contributed by atoms with van der Waals surface area (Å²) in [5.41, 5.74) is 0.392. The Bertz CT molecular complexity index is 603. The summed E-state index contributed by atoms with van der Waals surface area (Å²) in [4.78, 5) is 11.7. The predicted octanol–water partition coefficient (Wildman–Crippen LogP) is -1.06. The van der Waals surface area contributed by atoms with Crippen molar-refractivity contribution in [2.45, 2.75) is 36.4 Å². The molecule has 5 N–H and O–H groups in total. The molecule has 0 saturated carbocycles. The standard InChI is InChI=1S/C14H16O8/c15-8-2-1-6(3-9(8)16)7-4-11(18)22-14(7)13(20)12(19)10(17)5-21-14/h1-3,7,10,12-13,15-17,19-20H,4-5H2/t7-,10+,12-,13-,14+/m1/s1. The molecular weight excluding hydrogens is 296 g/mol. The highest BCUT2D eigenvalue weighted by Gasteiger charge is 2.61. The Kier molecular flexibility index (Phi) is 3.48. The summed E-state index contributed by atoms with van der Waals surface area (Å²) in [6, 6.07) is 3.93. The van der Waals surface area contributed by atoms with Gasteiger partial charge in [0.2, 0.25) is 5.79 Å². The fourth-order valence-corrected chi connectivity index (χ4v) is 2.95. The third-order valence-electron chi connectivity index (χ3n) is 4.14. The van der Waals surface area contributed by atoms with E-state index < -0.39 is 41.7 Å². The summed E-state index contributed by atoms with van der Waals surface area (Å²) in [5.74, 6) is -4.00. The van der Waals surface area contributed by atoms with Crippen molar-refractivity contribution in [3.63, 3.8) is 0 Å². The van der Waals surface area contributed by atoms with E-state index in [9.17, 15) is 30.3 Å². The highest BCUT2D eigenvalue weighted by molar-refractivity contribution is 5.74. The number of ether oxygens (including phenoxy) is 2. The first-order valence-corrected chi connectivity index (χ1v) is 6.77. The molecule has 2 fully saturated rings. The number of phenols is 2. The minimum atomic E-state index is -1.83. The maximum absolute atomic E-state index is 11.7. The van der Waals surface area contributed by atoms with Crippen LogP contribution in [0.5, 0.6) is 11.5 Å². The minimum Gasteiger partial charge on any atom is -0.504 e. The average molecular weight is 312 g/mol. The van der Waals surface area contributed by atoms with E-state index >= 15 is 0 Å². The quantitative estimate of drug-likeness (QED) is 0.327. The van der Waals surface area contributed by atoms with E-state index in [1.807, 2.05) is 0 Å². The van der Waals surface area contributed by atoms with Gasteiger partial charge in [0.25, 0.3) is 0 Å². The maximum Gasteiger partial charge on any atom is 0.309 e. The van der Waals surface area contributed by atoms with Gasteiger partial charge in [-0.15, -0.1) is 0 Å². The molecule has 5 atom stereocenters. The highest BCUT2D eigenvalue weighted by atomic mass is 16.7. The molecule has 1 spiro atoms. The Morgan fingerprint density at radius 2 is 1.86 bits per heavy atom. The minimum absolute atomic E-state index is 0.135. The number of hydrogen-bond donors (Lipinski definition) is 5. The molecule has 2 heterocycles. The van der Waals surface area contributed by atoms with Crippen LogP contribution in [0, 0.1) is 0 Å². The smallest absolute Gasteiger partial charge is 0.309 e. The predicted molar refractivity (Wildman–Crippen MR) is 69.9 cm³/mol. The number of aliphatic hydroxyl groups excluding tert-OH is 3. The number of hydrogen-bond acceptors (Lipinski definition) is 8. The van der Waals surface area contributed by atoms with Gasteiger partial charge in [0.1, 0.15) is 18.3 Å². The van der Waals surface area contributed by atoms with Crippen molar-refractivity contribution >= 4 is 5.97 Å². The Labute approximate surface area is 125 Å². The van der Waals surface area contributed by atoms with Crippen LogP contribution in [0.1, 0.15) is 17.9 Å². The van der Waals surface area contributed by atoms with E-state index in [0.29, 0.717) is 5.56 Å². The molecule has 0 aliphatic carbocycles. The van der Waals surface area contributed by atoms with Crippen molar-refractivity contribution in [1.29, 1.82) is 0 Å². The number of benzene rings is 1. The first-order chi connectivity index (χ1) is 10.3. The number of aliphatic hydroxyl groups is 3. The van der Waals surface area contributed by atoms with Crippen LogP contribution >= 0.6 is 0 Å². The van der Waals surface area contributed by atoms with E-state index in [1.165, 1.54) is 18.2 Å². The Balaban J connectivity index is 2.02. The van der Waals surface area contributed by atoms with Gasteiger partial charge in [0.15, 0.2) is 11.5 Å². The Morgan fingerprint density at radius 3 is 2.55 bits per heavy atom. The molecule has 2 saturated heterocycles. The Hall–Kier alpha value is -1.87. The van der Waals surface area contributed by atoms with Gasteiger partial charge >= 0.3 is 5.97 Å². The molecular formula is C14H16O8. The summed E-state index contributed by atoms with van der Waals surface area (Å²) in [6.45, 7) is -0.313. The van der Waals surface area contributed by atoms with Crippen molar-refractivity contribution in [3.05, 3.63) is 23.8 Å². The molecule has 22 heavy (non-hydrogen) atoms. The number of carbonyl (C=O) groups excluding carboxylic acids is 1. The first-order valence-electron chi connectivity index (χ1n) is 6.77. The molecule has 0 amide bonds. The van der Waals surface area contributed by atoms with Gasteiger partial charge < -0.3 is 35.0 Å². The molecule has 8 nitrogen and oxygen atoms in total.